The van der Waals surface area contributed by atoms with Gasteiger partial charge < -0.3 is 5.32 Å². The third-order valence-corrected chi connectivity index (χ3v) is 6.19. The monoisotopic (exact) mass is 437 g/mol. The van der Waals surface area contributed by atoms with Crippen molar-refractivity contribution in [3.05, 3.63) is 83.9 Å². The Labute approximate surface area is 180 Å². The molecule has 0 aliphatic heterocycles. The van der Waals surface area contributed by atoms with Gasteiger partial charge in [-0.3, -0.25) is 0 Å². The number of aromatic nitrogens is 2. The number of benzene rings is 3. The number of anilines is 1. The molecule has 0 atom stereocenters. The maximum absolute atomic E-state index is 11.8. The molecule has 1 aromatic heterocycles. The standard InChI is InChI=1S/C23H20ClN3O2S/c1-25-19-5-3-4-17(14-19)23-15-22(16-6-8-18(24)9-7-16)26-27(23)20-10-12-21(13-11-20)30(2,28)29/h3-15,25H,1-2H3. The minimum atomic E-state index is -3.27. The maximum Gasteiger partial charge on any atom is 0.175 e. The van der Waals surface area contributed by atoms with Crippen LogP contribution in [0.1, 0.15) is 0 Å². The van der Waals surface area contributed by atoms with Crippen molar-refractivity contribution in [2.75, 3.05) is 18.6 Å². The fourth-order valence-corrected chi connectivity index (χ4v) is 3.97. The Morgan fingerprint density at radius 2 is 1.60 bits per heavy atom. The largest absolute Gasteiger partial charge is 0.388 e. The molecule has 5 nitrogen and oxygen atoms in total. The van der Waals surface area contributed by atoms with E-state index in [1.165, 1.54) is 6.26 Å². The van der Waals surface area contributed by atoms with Crippen molar-refractivity contribution in [2.24, 2.45) is 0 Å². The van der Waals surface area contributed by atoms with E-state index in [9.17, 15) is 8.42 Å². The van der Waals surface area contributed by atoms with Gasteiger partial charge in [0.1, 0.15) is 0 Å². The van der Waals surface area contributed by atoms with E-state index in [4.69, 9.17) is 16.7 Å². The fourth-order valence-electron chi connectivity index (χ4n) is 3.21. The van der Waals surface area contributed by atoms with E-state index in [0.29, 0.717) is 5.02 Å². The van der Waals surface area contributed by atoms with E-state index in [1.807, 2.05) is 66.3 Å². The molecule has 152 valence electrons. The second-order valence-corrected chi connectivity index (χ2v) is 9.38. The number of nitrogens with zero attached hydrogens (tertiary/aromatic N) is 2. The first-order chi connectivity index (χ1) is 14.3. The van der Waals surface area contributed by atoms with Gasteiger partial charge in [0.15, 0.2) is 9.84 Å². The zero-order valence-electron chi connectivity index (χ0n) is 16.5. The van der Waals surface area contributed by atoms with Gasteiger partial charge in [-0.1, -0.05) is 35.9 Å². The highest BCUT2D eigenvalue weighted by molar-refractivity contribution is 7.90. The smallest absolute Gasteiger partial charge is 0.175 e. The highest BCUT2D eigenvalue weighted by Gasteiger charge is 2.15. The molecule has 1 heterocycles. The van der Waals surface area contributed by atoms with Crippen LogP contribution in [-0.4, -0.2) is 31.5 Å². The second-order valence-electron chi connectivity index (χ2n) is 6.93. The summed E-state index contributed by atoms with van der Waals surface area (Å²) in [7, 11) is -1.39. The fraction of sp³-hybridized carbons (Fsp3) is 0.0870. The molecule has 1 N–H and O–H groups in total. The molecule has 0 aliphatic rings. The summed E-state index contributed by atoms with van der Waals surface area (Å²) in [6.07, 6.45) is 1.20. The first-order valence-electron chi connectivity index (χ1n) is 9.30. The number of hydrogen-bond acceptors (Lipinski definition) is 4. The number of hydrogen-bond donors (Lipinski definition) is 1. The summed E-state index contributed by atoms with van der Waals surface area (Å²) in [4.78, 5) is 0.273. The van der Waals surface area contributed by atoms with Crippen molar-refractivity contribution in [3.8, 4) is 28.2 Å². The quantitative estimate of drug-likeness (QED) is 0.459. The Morgan fingerprint density at radius 3 is 2.23 bits per heavy atom. The third-order valence-electron chi connectivity index (χ3n) is 4.81. The summed E-state index contributed by atoms with van der Waals surface area (Å²) in [6.45, 7) is 0. The number of sulfone groups is 1. The van der Waals surface area contributed by atoms with E-state index in [2.05, 4.69) is 5.32 Å². The normalized spacial score (nSPS) is 11.4. The van der Waals surface area contributed by atoms with Crippen LogP contribution in [0.4, 0.5) is 5.69 Å². The molecule has 30 heavy (non-hydrogen) atoms. The van der Waals surface area contributed by atoms with Gasteiger partial charge >= 0.3 is 0 Å². The van der Waals surface area contributed by atoms with Crippen LogP contribution in [0, 0.1) is 0 Å². The lowest BCUT2D eigenvalue weighted by Crippen LogP contribution is -2.02. The first kappa shape index (κ1) is 20.2. The molecule has 0 unspecified atom stereocenters. The first-order valence-corrected chi connectivity index (χ1v) is 11.6. The SMILES string of the molecule is CNc1cccc(-c2cc(-c3ccc(Cl)cc3)nn2-c2ccc(S(C)(=O)=O)cc2)c1. The van der Waals surface area contributed by atoms with E-state index in [1.54, 1.807) is 24.3 Å². The Hall–Kier alpha value is -3.09. The lowest BCUT2D eigenvalue weighted by atomic mass is 10.1. The Morgan fingerprint density at radius 1 is 0.900 bits per heavy atom. The van der Waals surface area contributed by atoms with Gasteiger partial charge in [-0.2, -0.15) is 5.10 Å². The summed E-state index contributed by atoms with van der Waals surface area (Å²) in [6, 6.07) is 24.3. The van der Waals surface area contributed by atoms with Gasteiger partial charge in [-0.25, -0.2) is 13.1 Å². The summed E-state index contributed by atoms with van der Waals surface area (Å²) in [5.41, 5.74) is 5.37. The van der Waals surface area contributed by atoms with Crippen LogP contribution in [0.5, 0.6) is 0 Å². The molecule has 0 saturated carbocycles. The molecule has 0 bridgehead atoms. The van der Waals surface area contributed by atoms with E-state index in [-0.39, 0.29) is 4.90 Å². The summed E-state index contributed by atoms with van der Waals surface area (Å²) < 4.78 is 25.5. The van der Waals surface area contributed by atoms with Crippen molar-refractivity contribution < 1.29 is 8.42 Å². The molecule has 0 spiro atoms. The zero-order chi connectivity index (χ0) is 21.3. The highest BCUT2D eigenvalue weighted by Crippen LogP contribution is 2.31. The van der Waals surface area contributed by atoms with Crippen molar-refractivity contribution in [2.45, 2.75) is 4.90 Å². The minimum Gasteiger partial charge on any atom is -0.388 e. The summed E-state index contributed by atoms with van der Waals surface area (Å²) in [5, 5.41) is 8.63. The van der Waals surface area contributed by atoms with Crippen molar-refractivity contribution in [1.82, 2.24) is 9.78 Å². The Kier molecular flexibility index (Phi) is 5.37. The molecular weight excluding hydrogens is 418 g/mol. The molecule has 0 saturated heterocycles. The Bertz CT molecular complexity index is 1300. The average Bonchev–Trinajstić information content (AvgIpc) is 3.19. The van der Waals surface area contributed by atoms with E-state index < -0.39 is 9.84 Å². The van der Waals surface area contributed by atoms with Gasteiger partial charge in [-0.15, -0.1) is 0 Å². The van der Waals surface area contributed by atoms with Crippen molar-refractivity contribution in [1.29, 1.82) is 0 Å². The molecule has 0 amide bonds. The van der Waals surface area contributed by atoms with Crippen LogP contribution in [0.3, 0.4) is 0 Å². The number of rotatable bonds is 5. The number of halogens is 1. The molecule has 7 heteroatoms. The van der Waals surface area contributed by atoms with Crippen molar-refractivity contribution in [3.63, 3.8) is 0 Å². The third kappa shape index (κ3) is 4.10. The van der Waals surface area contributed by atoms with Crippen LogP contribution in [-0.2, 0) is 9.84 Å². The highest BCUT2D eigenvalue weighted by atomic mass is 35.5. The van der Waals surface area contributed by atoms with Crippen LogP contribution in [0.2, 0.25) is 5.02 Å². The predicted octanol–water partition coefficient (Wildman–Crippen LogP) is 5.30. The van der Waals surface area contributed by atoms with Crippen LogP contribution < -0.4 is 5.32 Å². The van der Waals surface area contributed by atoms with Gasteiger partial charge in [0.2, 0.25) is 0 Å². The molecule has 0 aliphatic carbocycles. The van der Waals surface area contributed by atoms with Gasteiger partial charge in [0, 0.05) is 35.1 Å². The Balaban J connectivity index is 1.88. The lowest BCUT2D eigenvalue weighted by Gasteiger charge is -2.09. The average molecular weight is 438 g/mol. The van der Waals surface area contributed by atoms with Crippen LogP contribution in [0.15, 0.2) is 83.8 Å². The van der Waals surface area contributed by atoms with Crippen molar-refractivity contribution >= 4 is 27.1 Å². The molecule has 3 aromatic carbocycles. The van der Waals surface area contributed by atoms with E-state index in [0.717, 1.165) is 33.9 Å². The predicted molar refractivity (Wildman–Crippen MR) is 122 cm³/mol. The number of nitrogens with one attached hydrogen (secondary N) is 1. The van der Waals surface area contributed by atoms with Gasteiger partial charge in [0.05, 0.1) is 22.0 Å². The molecular formula is C23H20ClN3O2S. The van der Waals surface area contributed by atoms with Gasteiger partial charge in [0.25, 0.3) is 0 Å². The van der Waals surface area contributed by atoms with E-state index >= 15 is 0 Å². The summed E-state index contributed by atoms with van der Waals surface area (Å²) >= 11 is 6.03. The van der Waals surface area contributed by atoms with Crippen LogP contribution in [0.25, 0.3) is 28.2 Å². The lowest BCUT2D eigenvalue weighted by molar-refractivity contribution is 0.602. The summed E-state index contributed by atoms with van der Waals surface area (Å²) in [5.74, 6) is 0. The second kappa shape index (κ2) is 7.97. The minimum absolute atomic E-state index is 0.273. The topological polar surface area (TPSA) is 64.0 Å². The molecule has 0 radical (unpaired) electrons. The zero-order valence-corrected chi connectivity index (χ0v) is 18.1. The molecule has 0 fully saturated rings. The molecule has 4 rings (SSSR count). The van der Waals surface area contributed by atoms with Crippen LogP contribution >= 0.6 is 11.6 Å². The molecule has 4 aromatic rings. The maximum atomic E-state index is 11.8. The van der Waals surface area contributed by atoms with Gasteiger partial charge in [-0.05, 0) is 54.6 Å².